The van der Waals surface area contributed by atoms with E-state index >= 15 is 0 Å². The Morgan fingerprint density at radius 3 is 2.69 bits per heavy atom. The number of benzene rings is 3. The summed E-state index contributed by atoms with van der Waals surface area (Å²) >= 11 is 0. The van der Waals surface area contributed by atoms with Crippen molar-refractivity contribution < 1.29 is 23.4 Å². The number of ether oxygens (including phenoxy) is 3. The number of nitrogens with zero attached hydrogens (tertiary/aromatic N) is 3. The maximum Gasteiger partial charge on any atom is 0.343 e. The van der Waals surface area contributed by atoms with Crippen molar-refractivity contribution >= 4 is 23.1 Å². The Morgan fingerprint density at radius 2 is 1.81 bits per heavy atom. The monoisotopic (exact) mass is 479 g/mol. The molecule has 1 aliphatic rings. The highest BCUT2D eigenvalue weighted by molar-refractivity contribution is 5.94. The van der Waals surface area contributed by atoms with E-state index in [2.05, 4.69) is 10.1 Å². The van der Waals surface area contributed by atoms with Gasteiger partial charge in [0.15, 0.2) is 17.3 Å². The van der Waals surface area contributed by atoms with Gasteiger partial charge in [-0.2, -0.15) is 9.78 Å². The number of para-hydroxylation sites is 2. The minimum atomic E-state index is -0.574. The van der Waals surface area contributed by atoms with E-state index in [1.165, 1.54) is 12.5 Å². The van der Waals surface area contributed by atoms with Gasteiger partial charge in [-0.3, -0.25) is 4.79 Å². The lowest BCUT2D eigenvalue weighted by Crippen LogP contribution is -2.20. The van der Waals surface area contributed by atoms with Gasteiger partial charge in [0.1, 0.15) is 5.75 Å². The summed E-state index contributed by atoms with van der Waals surface area (Å²) in [4.78, 5) is 30.7. The Balaban J connectivity index is 1.36. The molecule has 9 heteroatoms. The van der Waals surface area contributed by atoms with E-state index in [4.69, 9.17) is 18.6 Å². The van der Waals surface area contributed by atoms with Crippen LogP contribution in [0.5, 0.6) is 17.2 Å². The van der Waals surface area contributed by atoms with E-state index in [1.54, 1.807) is 78.9 Å². The van der Waals surface area contributed by atoms with Crippen LogP contribution in [0.15, 0.2) is 99.4 Å². The molecule has 0 N–H and O–H groups in total. The molecular formula is C27H17N3O6. The first-order valence-corrected chi connectivity index (χ1v) is 11.0. The minimum Gasteiger partial charge on any atom is -0.461 e. The lowest BCUT2D eigenvalue weighted by molar-refractivity contribution is 0.0734. The molecule has 2 aromatic heterocycles. The first-order valence-electron chi connectivity index (χ1n) is 11.0. The number of esters is 1. The summed E-state index contributed by atoms with van der Waals surface area (Å²) in [6.45, 7) is 0.107. The first kappa shape index (κ1) is 21.4. The number of carbonyl (C=O) groups is 1. The van der Waals surface area contributed by atoms with Crippen LogP contribution in [0.2, 0.25) is 0 Å². The molecule has 0 unspecified atom stereocenters. The third kappa shape index (κ3) is 3.88. The van der Waals surface area contributed by atoms with E-state index in [1.807, 2.05) is 0 Å². The maximum atomic E-state index is 13.3. The Bertz CT molecular complexity index is 1690. The minimum absolute atomic E-state index is 0.107. The maximum absolute atomic E-state index is 13.3. The summed E-state index contributed by atoms with van der Waals surface area (Å²) in [7, 11) is 0. The molecule has 0 radical (unpaired) electrons. The molecule has 0 fully saturated rings. The lowest BCUT2D eigenvalue weighted by Gasteiger charge is -2.09. The van der Waals surface area contributed by atoms with E-state index in [0.29, 0.717) is 39.3 Å². The highest BCUT2D eigenvalue weighted by Gasteiger charge is 2.18. The summed E-state index contributed by atoms with van der Waals surface area (Å²) < 4.78 is 22.9. The number of carbonyl (C=O) groups excluding carboxylic acids is 1. The smallest absolute Gasteiger partial charge is 0.343 e. The van der Waals surface area contributed by atoms with Gasteiger partial charge in [-0.05, 0) is 54.6 Å². The molecular weight excluding hydrogens is 462 g/mol. The topological polar surface area (TPSA) is 105 Å². The fourth-order valence-electron chi connectivity index (χ4n) is 3.78. The standard InChI is InChI=1S/C27H17N3O6/c31-26-19-7-2-3-8-20(19)29-25(23-10-5-13-33-23)30(26)28-15-18-6-1-4-9-21(18)36-27(32)17-11-12-22-24(14-17)35-16-34-22/h1-15H,16H2/b28-15-. The molecule has 0 atom stereocenters. The molecule has 1 aliphatic heterocycles. The van der Waals surface area contributed by atoms with Crippen LogP contribution in [0.25, 0.3) is 22.5 Å². The average molecular weight is 479 g/mol. The van der Waals surface area contributed by atoms with Gasteiger partial charge < -0.3 is 18.6 Å². The number of aromatic nitrogens is 2. The SMILES string of the molecule is O=C(Oc1ccccc1/C=N\n1c(-c2ccco2)nc2ccccc2c1=O)c1ccc2c(c1)OCO2. The zero-order valence-corrected chi connectivity index (χ0v) is 18.7. The fourth-order valence-corrected chi connectivity index (χ4v) is 3.78. The van der Waals surface area contributed by atoms with Gasteiger partial charge in [0.25, 0.3) is 5.56 Å². The van der Waals surface area contributed by atoms with Gasteiger partial charge in [-0.1, -0.05) is 24.3 Å². The molecule has 9 nitrogen and oxygen atoms in total. The van der Waals surface area contributed by atoms with E-state index in [9.17, 15) is 9.59 Å². The first-order chi connectivity index (χ1) is 17.7. The second-order valence-corrected chi connectivity index (χ2v) is 7.79. The number of fused-ring (bicyclic) bond motifs is 2. The molecule has 0 spiro atoms. The molecule has 6 rings (SSSR count). The van der Waals surface area contributed by atoms with Gasteiger partial charge >= 0.3 is 5.97 Å². The number of furan rings is 1. The summed E-state index contributed by atoms with van der Waals surface area (Å²) in [5, 5.41) is 4.81. The van der Waals surface area contributed by atoms with Crippen LogP contribution in [-0.2, 0) is 0 Å². The lowest BCUT2D eigenvalue weighted by atomic mass is 10.2. The van der Waals surface area contributed by atoms with Gasteiger partial charge in [-0.25, -0.2) is 9.78 Å². The Kier molecular flexibility index (Phi) is 5.27. The quantitative estimate of drug-likeness (QED) is 0.208. The van der Waals surface area contributed by atoms with Crippen LogP contribution < -0.4 is 19.8 Å². The van der Waals surface area contributed by atoms with Crippen LogP contribution in [0, 0.1) is 0 Å². The van der Waals surface area contributed by atoms with Gasteiger partial charge in [0, 0.05) is 5.56 Å². The van der Waals surface area contributed by atoms with Gasteiger partial charge in [-0.15, -0.1) is 0 Å². The average Bonchev–Trinajstić information content (AvgIpc) is 3.61. The van der Waals surface area contributed by atoms with E-state index in [0.717, 1.165) is 4.68 Å². The third-order valence-electron chi connectivity index (χ3n) is 5.54. The van der Waals surface area contributed by atoms with Crippen molar-refractivity contribution in [2.45, 2.75) is 0 Å². The van der Waals surface area contributed by atoms with Crippen molar-refractivity contribution in [3.8, 4) is 28.8 Å². The van der Waals surface area contributed by atoms with Crippen molar-refractivity contribution in [2.75, 3.05) is 6.79 Å². The van der Waals surface area contributed by atoms with Crippen molar-refractivity contribution in [3.63, 3.8) is 0 Å². The summed E-state index contributed by atoms with van der Waals surface area (Å²) in [6.07, 6.45) is 2.93. The van der Waals surface area contributed by atoms with E-state index < -0.39 is 5.97 Å². The van der Waals surface area contributed by atoms with Crippen molar-refractivity contribution in [2.24, 2.45) is 5.10 Å². The highest BCUT2D eigenvalue weighted by atomic mass is 16.7. The predicted molar refractivity (Wildman–Crippen MR) is 131 cm³/mol. The number of hydrogen-bond acceptors (Lipinski definition) is 8. The van der Waals surface area contributed by atoms with Crippen molar-refractivity contribution in [1.29, 1.82) is 0 Å². The van der Waals surface area contributed by atoms with Crippen molar-refractivity contribution in [3.05, 3.63) is 107 Å². The predicted octanol–water partition coefficient (Wildman–Crippen LogP) is 4.49. The van der Waals surface area contributed by atoms with E-state index in [-0.39, 0.29) is 23.9 Å². The molecule has 3 heterocycles. The van der Waals surface area contributed by atoms with Crippen molar-refractivity contribution in [1.82, 2.24) is 9.66 Å². The van der Waals surface area contributed by atoms with Crippen LogP contribution in [0.1, 0.15) is 15.9 Å². The highest BCUT2D eigenvalue weighted by Crippen LogP contribution is 2.33. The van der Waals surface area contributed by atoms with Crippen LogP contribution in [-0.4, -0.2) is 28.6 Å². The molecule has 5 aromatic rings. The largest absolute Gasteiger partial charge is 0.461 e. The van der Waals surface area contributed by atoms with Crippen LogP contribution >= 0.6 is 0 Å². The Morgan fingerprint density at radius 1 is 0.972 bits per heavy atom. The van der Waals surface area contributed by atoms with Crippen LogP contribution in [0.3, 0.4) is 0 Å². The molecule has 176 valence electrons. The molecule has 0 aliphatic carbocycles. The number of hydrogen-bond donors (Lipinski definition) is 0. The summed E-state index contributed by atoms with van der Waals surface area (Å²) in [5.74, 6) is 1.38. The zero-order valence-electron chi connectivity index (χ0n) is 18.7. The molecule has 0 amide bonds. The fraction of sp³-hybridized carbons (Fsp3) is 0.0370. The summed E-state index contributed by atoms with van der Waals surface area (Å²) in [6, 6.07) is 22.1. The Labute approximate surface area is 203 Å². The molecule has 0 bridgehead atoms. The Hall–Kier alpha value is -5.18. The summed E-state index contributed by atoms with van der Waals surface area (Å²) in [5.41, 5.74) is 0.953. The second kappa shape index (κ2) is 8.88. The zero-order chi connectivity index (χ0) is 24.5. The van der Waals surface area contributed by atoms with Gasteiger partial charge in [0.2, 0.25) is 12.6 Å². The molecule has 0 saturated carbocycles. The third-order valence-corrected chi connectivity index (χ3v) is 5.54. The normalized spacial score (nSPS) is 12.3. The molecule has 0 saturated heterocycles. The van der Waals surface area contributed by atoms with Crippen LogP contribution in [0.4, 0.5) is 0 Å². The number of rotatable bonds is 5. The molecule has 3 aromatic carbocycles. The molecule has 36 heavy (non-hydrogen) atoms. The van der Waals surface area contributed by atoms with Gasteiger partial charge in [0.05, 0.1) is 28.9 Å². The second-order valence-electron chi connectivity index (χ2n) is 7.79.